The molecular formula is C25H37N3O4S. The first-order chi connectivity index (χ1) is 16.0. The van der Waals surface area contributed by atoms with E-state index in [1.807, 2.05) is 4.90 Å². The van der Waals surface area contributed by atoms with Gasteiger partial charge < -0.3 is 9.80 Å². The molecule has 182 valence electrons. The Morgan fingerprint density at radius 1 is 0.727 bits per heavy atom. The largest absolute Gasteiger partial charge is 0.342 e. The van der Waals surface area contributed by atoms with E-state index in [1.54, 1.807) is 27.4 Å². The summed E-state index contributed by atoms with van der Waals surface area (Å²) in [6, 6.07) is 6.46. The molecule has 0 saturated carbocycles. The molecule has 33 heavy (non-hydrogen) atoms. The lowest BCUT2D eigenvalue weighted by Crippen LogP contribution is -2.44. The van der Waals surface area contributed by atoms with E-state index >= 15 is 0 Å². The number of likely N-dealkylation sites (tertiary alicyclic amines) is 2. The maximum atomic E-state index is 13.2. The van der Waals surface area contributed by atoms with Crippen molar-refractivity contribution in [2.75, 3.05) is 39.3 Å². The van der Waals surface area contributed by atoms with Gasteiger partial charge in [-0.3, -0.25) is 9.59 Å². The van der Waals surface area contributed by atoms with E-state index in [0.29, 0.717) is 44.6 Å². The van der Waals surface area contributed by atoms with Gasteiger partial charge in [0.05, 0.1) is 4.90 Å². The quantitative estimate of drug-likeness (QED) is 0.668. The maximum absolute atomic E-state index is 13.2. The molecule has 0 atom stereocenters. The molecule has 3 aliphatic heterocycles. The maximum Gasteiger partial charge on any atom is 0.253 e. The molecule has 0 unspecified atom stereocenters. The number of carbonyl (C=O) groups is 2. The smallest absolute Gasteiger partial charge is 0.253 e. The van der Waals surface area contributed by atoms with Crippen LogP contribution in [-0.4, -0.2) is 73.6 Å². The third-order valence-electron chi connectivity index (χ3n) is 7.33. The predicted octanol–water partition coefficient (Wildman–Crippen LogP) is 3.51. The molecule has 3 fully saturated rings. The third kappa shape index (κ3) is 5.77. The average Bonchev–Trinajstić information content (AvgIpc) is 3.29. The summed E-state index contributed by atoms with van der Waals surface area (Å²) in [5.74, 6) is 0.0834. The van der Waals surface area contributed by atoms with E-state index in [-0.39, 0.29) is 22.6 Å². The molecule has 2 amide bonds. The zero-order valence-corrected chi connectivity index (χ0v) is 20.4. The minimum atomic E-state index is -3.60. The Kier molecular flexibility index (Phi) is 8.07. The van der Waals surface area contributed by atoms with Crippen molar-refractivity contribution in [3.63, 3.8) is 0 Å². The second kappa shape index (κ2) is 11.0. The lowest BCUT2D eigenvalue weighted by atomic mass is 9.94. The van der Waals surface area contributed by atoms with E-state index in [4.69, 9.17) is 0 Å². The van der Waals surface area contributed by atoms with Gasteiger partial charge in [-0.25, -0.2) is 8.42 Å². The summed E-state index contributed by atoms with van der Waals surface area (Å²) in [6.07, 6.45) is 9.78. The predicted molar refractivity (Wildman–Crippen MR) is 127 cm³/mol. The third-order valence-corrected chi connectivity index (χ3v) is 9.23. The number of nitrogens with zero attached hydrogens (tertiary/aromatic N) is 3. The van der Waals surface area contributed by atoms with Crippen molar-refractivity contribution in [3.8, 4) is 0 Å². The van der Waals surface area contributed by atoms with Crippen LogP contribution >= 0.6 is 0 Å². The lowest BCUT2D eigenvalue weighted by Gasteiger charge is -2.34. The molecule has 0 aliphatic carbocycles. The van der Waals surface area contributed by atoms with Gasteiger partial charge in [-0.05, 0) is 56.7 Å². The molecule has 1 aromatic carbocycles. The van der Waals surface area contributed by atoms with Crippen LogP contribution in [-0.2, 0) is 14.8 Å². The average molecular weight is 476 g/mol. The molecule has 3 saturated heterocycles. The van der Waals surface area contributed by atoms with E-state index < -0.39 is 10.0 Å². The highest BCUT2D eigenvalue weighted by molar-refractivity contribution is 7.89. The second-order valence-corrected chi connectivity index (χ2v) is 11.6. The summed E-state index contributed by atoms with van der Waals surface area (Å²) in [5, 5.41) is 0. The number of hydrogen-bond donors (Lipinski definition) is 0. The number of sulfonamides is 1. The highest BCUT2D eigenvalue weighted by atomic mass is 32.2. The molecule has 4 rings (SSSR count). The Morgan fingerprint density at radius 3 is 1.91 bits per heavy atom. The minimum Gasteiger partial charge on any atom is -0.342 e. The highest BCUT2D eigenvalue weighted by Gasteiger charge is 2.31. The minimum absolute atomic E-state index is 0.0121. The first kappa shape index (κ1) is 24.2. The second-order valence-electron chi connectivity index (χ2n) is 9.65. The molecule has 3 heterocycles. The summed E-state index contributed by atoms with van der Waals surface area (Å²) in [6.45, 7) is 3.86. The van der Waals surface area contributed by atoms with Crippen LogP contribution in [0.15, 0.2) is 29.2 Å². The van der Waals surface area contributed by atoms with Gasteiger partial charge in [0, 0.05) is 50.7 Å². The Bertz CT molecular complexity index is 925. The number of hydrogen-bond acceptors (Lipinski definition) is 4. The molecule has 0 aromatic heterocycles. The Morgan fingerprint density at radius 2 is 1.30 bits per heavy atom. The fourth-order valence-corrected chi connectivity index (χ4v) is 6.85. The summed E-state index contributed by atoms with van der Waals surface area (Å²) < 4.78 is 27.8. The van der Waals surface area contributed by atoms with Gasteiger partial charge in [0.25, 0.3) is 5.91 Å². The van der Waals surface area contributed by atoms with Crippen molar-refractivity contribution >= 4 is 21.8 Å². The van der Waals surface area contributed by atoms with E-state index in [2.05, 4.69) is 0 Å². The fourth-order valence-electron chi connectivity index (χ4n) is 5.28. The van der Waals surface area contributed by atoms with Crippen LogP contribution in [0.3, 0.4) is 0 Å². The van der Waals surface area contributed by atoms with Crippen molar-refractivity contribution in [3.05, 3.63) is 29.8 Å². The normalized spacial score (nSPS) is 21.9. The number of piperidine rings is 1. The SMILES string of the molecule is O=C(c1cccc(S(=O)(=O)N2CCCCCC2)c1)N1CCC(C(=O)N2CCCCCC2)CC1. The van der Waals surface area contributed by atoms with E-state index in [9.17, 15) is 18.0 Å². The van der Waals surface area contributed by atoms with Gasteiger partial charge in [-0.1, -0.05) is 31.7 Å². The number of benzene rings is 1. The Balaban J connectivity index is 1.38. The van der Waals surface area contributed by atoms with Crippen LogP contribution in [0.25, 0.3) is 0 Å². The zero-order chi connectivity index (χ0) is 23.3. The highest BCUT2D eigenvalue weighted by Crippen LogP contribution is 2.25. The van der Waals surface area contributed by atoms with E-state index in [0.717, 1.165) is 51.6 Å². The molecule has 1 aromatic rings. The first-order valence-electron chi connectivity index (χ1n) is 12.6. The van der Waals surface area contributed by atoms with Crippen molar-refractivity contribution in [1.29, 1.82) is 0 Å². The van der Waals surface area contributed by atoms with Crippen molar-refractivity contribution < 1.29 is 18.0 Å². The Hall–Kier alpha value is -1.93. The molecule has 0 radical (unpaired) electrons. The van der Waals surface area contributed by atoms with Gasteiger partial charge in [0.2, 0.25) is 15.9 Å². The molecule has 0 spiro atoms. The number of carbonyl (C=O) groups excluding carboxylic acids is 2. The summed E-state index contributed by atoms with van der Waals surface area (Å²) in [5.41, 5.74) is 0.406. The van der Waals surface area contributed by atoms with Crippen LogP contribution in [0, 0.1) is 5.92 Å². The molecule has 0 bridgehead atoms. The van der Waals surface area contributed by atoms with Gasteiger partial charge in [-0.2, -0.15) is 4.31 Å². The first-order valence-corrected chi connectivity index (χ1v) is 14.1. The standard InChI is InChI=1S/C25H37N3O4S/c29-24(26-14-5-1-2-6-15-26)21-12-18-27(19-13-21)25(30)22-10-9-11-23(20-22)33(31,32)28-16-7-3-4-8-17-28/h9-11,20-21H,1-8,12-19H2. The fraction of sp³-hybridized carbons (Fsp3) is 0.680. The van der Waals surface area contributed by atoms with Crippen molar-refractivity contribution in [2.45, 2.75) is 69.1 Å². The topological polar surface area (TPSA) is 78.0 Å². The van der Waals surface area contributed by atoms with Crippen LogP contribution in [0.1, 0.15) is 74.6 Å². The molecule has 8 heteroatoms. The van der Waals surface area contributed by atoms with Gasteiger partial charge in [0.15, 0.2) is 0 Å². The van der Waals surface area contributed by atoms with Crippen molar-refractivity contribution in [1.82, 2.24) is 14.1 Å². The zero-order valence-electron chi connectivity index (χ0n) is 19.6. The van der Waals surface area contributed by atoms with Gasteiger partial charge in [-0.15, -0.1) is 0 Å². The molecule has 7 nitrogen and oxygen atoms in total. The lowest BCUT2D eigenvalue weighted by molar-refractivity contribution is -0.136. The summed E-state index contributed by atoms with van der Waals surface area (Å²) in [7, 11) is -3.60. The monoisotopic (exact) mass is 475 g/mol. The molecule has 0 N–H and O–H groups in total. The molecular weight excluding hydrogens is 438 g/mol. The van der Waals surface area contributed by atoms with Crippen LogP contribution in [0.5, 0.6) is 0 Å². The Labute approximate surface area is 198 Å². The van der Waals surface area contributed by atoms with Crippen LogP contribution in [0.4, 0.5) is 0 Å². The number of rotatable bonds is 4. The van der Waals surface area contributed by atoms with Crippen LogP contribution in [0.2, 0.25) is 0 Å². The number of amides is 2. The summed E-state index contributed by atoms with van der Waals surface area (Å²) >= 11 is 0. The van der Waals surface area contributed by atoms with Gasteiger partial charge >= 0.3 is 0 Å². The van der Waals surface area contributed by atoms with E-state index in [1.165, 1.54) is 18.9 Å². The van der Waals surface area contributed by atoms with Gasteiger partial charge in [0.1, 0.15) is 0 Å². The molecule has 3 aliphatic rings. The van der Waals surface area contributed by atoms with Crippen LogP contribution < -0.4 is 0 Å². The van der Waals surface area contributed by atoms with Crippen molar-refractivity contribution in [2.24, 2.45) is 5.92 Å². The summed E-state index contributed by atoms with van der Waals surface area (Å²) in [4.78, 5) is 30.1.